The first-order valence-electron chi connectivity index (χ1n) is 6.81. The Labute approximate surface area is 109 Å². The second-order valence-corrected chi connectivity index (χ2v) is 5.43. The first-order valence-corrected chi connectivity index (χ1v) is 6.81. The number of halogens is 1. The van der Waals surface area contributed by atoms with Crippen molar-refractivity contribution >= 4 is 0 Å². The lowest BCUT2D eigenvalue weighted by Gasteiger charge is -2.37. The SMILES string of the molecule is CC(c1ccccc1F)N(C)C1CCC(N)CC1. The summed E-state index contributed by atoms with van der Waals surface area (Å²) in [4.78, 5) is 2.30. The highest BCUT2D eigenvalue weighted by Crippen LogP contribution is 2.29. The maximum absolute atomic E-state index is 13.8. The summed E-state index contributed by atoms with van der Waals surface area (Å²) in [6.07, 6.45) is 4.41. The molecule has 18 heavy (non-hydrogen) atoms. The van der Waals surface area contributed by atoms with Crippen molar-refractivity contribution in [3.8, 4) is 0 Å². The summed E-state index contributed by atoms with van der Waals surface area (Å²) < 4.78 is 13.8. The predicted molar refractivity (Wildman–Crippen MR) is 72.8 cm³/mol. The predicted octanol–water partition coefficient (Wildman–Crippen LogP) is 3.09. The molecule has 0 amide bonds. The fraction of sp³-hybridized carbons (Fsp3) is 0.600. The molecule has 2 rings (SSSR count). The topological polar surface area (TPSA) is 29.3 Å². The molecule has 1 fully saturated rings. The fourth-order valence-electron chi connectivity index (χ4n) is 2.86. The summed E-state index contributed by atoms with van der Waals surface area (Å²) in [5.41, 5.74) is 6.72. The maximum atomic E-state index is 13.8. The standard InChI is InChI=1S/C15H23FN2/c1-11(14-5-3-4-6-15(14)16)18(2)13-9-7-12(17)8-10-13/h3-6,11-13H,7-10,17H2,1-2H3. The van der Waals surface area contributed by atoms with Crippen molar-refractivity contribution in [1.82, 2.24) is 4.90 Å². The first kappa shape index (κ1) is 13.5. The van der Waals surface area contributed by atoms with Crippen LogP contribution in [0.3, 0.4) is 0 Å². The molecule has 2 N–H and O–H groups in total. The molecule has 1 aliphatic rings. The Morgan fingerprint density at radius 2 is 1.83 bits per heavy atom. The molecule has 1 aromatic carbocycles. The van der Waals surface area contributed by atoms with E-state index in [9.17, 15) is 4.39 Å². The van der Waals surface area contributed by atoms with Crippen LogP contribution in [-0.4, -0.2) is 24.0 Å². The molecule has 1 unspecified atom stereocenters. The zero-order valence-electron chi connectivity index (χ0n) is 11.3. The van der Waals surface area contributed by atoms with E-state index in [-0.39, 0.29) is 11.9 Å². The molecule has 0 aliphatic heterocycles. The first-order chi connectivity index (χ1) is 8.59. The van der Waals surface area contributed by atoms with Crippen LogP contribution in [0.4, 0.5) is 4.39 Å². The van der Waals surface area contributed by atoms with Gasteiger partial charge in [-0.05, 0) is 45.7 Å². The fourth-order valence-corrected chi connectivity index (χ4v) is 2.86. The minimum absolute atomic E-state index is 0.107. The quantitative estimate of drug-likeness (QED) is 0.893. The van der Waals surface area contributed by atoms with Crippen molar-refractivity contribution in [2.24, 2.45) is 5.73 Å². The van der Waals surface area contributed by atoms with E-state index in [4.69, 9.17) is 5.73 Å². The Bertz CT molecular complexity index is 386. The second-order valence-electron chi connectivity index (χ2n) is 5.43. The number of hydrogen-bond donors (Lipinski definition) is 1. The molecule has 1 saturated carbocycles. The minimum atomic E-state index is -0.107. The third-order valence-electron chi connectivity index (χ3n) is 4.28. The molecule has 0 radical (unpaired) electrons. The lowest BCUT2D eigenvalue weighted by atomic mass is 9.89. The summed E-state index contributed by atoms with van der Waals surface area (Å²) >= 11 is 0. The van der Waals surface area contributed by atoms with Crippen LogP contribution in [0.25, 0.3) is 0 Å². The van der Waals surface area contributed by atoms with Crippen LogP contribution in [0.2, 0.25) is 0 Å². The van der Waals surface area contributed by atoms with Crippen LogP contribution in [0.1, 0.15) is 44.2 Å². The zero-order valence-corrected chi connectivity index (χ0v) is 11.3. The Hall–Kier alpha value is -0.930. The average molecular weight is 250 g/mol. The number of hydrogen-bond acceptors (Lipinski definition) is 2. The van der Waals surface area contributed by atoms with Gasteiger partial charge in [0.15, 0.2) is 0 Å². The van der Waals surface area contributed by atoms with Gasteiger partial charge >= 0.3 is 0 Å². The van der Waals surface area contributed by atoms with Gasteiger partial charge in [-0.2, -0.15) is 0 Å². The zero-order chi connectivity index (χ0) is 13.1. The molecule has 2 nitrogen and oxygen atoms in total. The van der Waals surface area contributed by atoms with Crippen LogP contribution in [0.15, 0.2) is 24.3 Å². The summed E-state index contributed by atoms with van der Waals surface area (Å²) in [5.74, 6) is -0.107. The van der Waals surface area contributed by atoms with Crippen LogP contribution in [0.5, 0.6) is 0 Å². The molecule has 1 aromatic rings. The number of nitrogens with two attached hydrogens (primary N) is 1. The highest BCUT2D eigenvalue weighted by molar-refractivity contribution is 5.20. The second kappa shape index (κ2) is 5.81. The molecule has 0 bridgehead atoms. The van der Waals surface area contributed by atoms with Crippen LogP contribution >= 0.6 is 0 Å². The van der Waals surface area contributed by atoms with Crippen molar-refractivity contribution in [3.63, 3.8) is 0 Å². The molecule has 0 saturated heterocycles. The van der Waals surface area contributed by atoms with E-state index in [1.165, 1.54) is 6.07 Å². The van der Waals surface area contributed by atoms with E-state index in [2.05, 4.69) is 18.9 Å². The van der Waals surface area contributed by atoms with Gasteiger partial charge in [0, 0.05) is 23.7 Å². The third kappa shape index (κ3) is 2.90. The number of nitrogens with zero attached hydrogens (tertiary/aromatic N) is 1. The van der Waals surface area contributed by atoms with E-state index >= 15 is 0 Å². The van der Waals surface area contributed by atoms with Gasteiger partial charge in [-0.3, -0.25) is 4.90 Å². The lowest BCUT2D eigenvalue weighted by Crippen LogP contribution is -2.40. The molecule has 1 aliphatic carbocycles. The maximum Gasteiger partial charge on any atom is 0.127 e. The molecule has 100 valence electrons. The Morgan fingerprint density at radius 3 is 2.44 bits per heavy atom. The third-order valence-corrected chi connectivity index (χ3v) is 4.28. The summed E-state index contributed by atoms with van der Waals surface area (Å²) in [6, 6.07) is 8.06. The molecular formula is C15H23FN2. The lowest BCUT2D eigenvalue weighted by molar-refractivity contribution is 0.138. The summed E-state index contributed by atoms with van der Waals surface area (Å²) in [5, 5.41) is 0. The van der Waals surface area contributed by atoms with Gasteiger partial charge in [0.1, 0.15) is 5.82 Å². The Morgan fingerprint density at radius 1 is 1.22 bits per heavy atom. The van der Waals surface area contributed by atoms with E-state index in [1.54, 1.807) is 6.07 Å². The molecule has 0 spiro atoms. The van der Waals surface area contributed by atoms with Crippen LogP contribution in [-0.2, 0) is 0 Å². The smallest absolute Gasteiger partial charge is 0.127 e. The van der Waals surface area contributed by atoms with E-state index in [0.717, 1.165) is 31.2 Å². The van der Waals surface area contributed by atoms with Crippen molar-refractivity contribution in [2.45, 2.75) is 50.7 Å². The monoisotopic (exact) mass is 250 g/mol. The van der Waals surface area contributed by atoms with E-state index in [0.29, 0.717) is 12.1 Å². The normalized spacial score (nSPS) is 26.3. The molecule has 0 heterocycles. The van der Waals surface area contributed by atoms with Crippen molar-refractivity contribution in [1.29, 1.82) is 0 Å². The van der Waals surface area contributed by atoms with Gasteiger partial charge in [0.05, 0.1) is 0 Å². The van der Waals surface area contributed by atoms with Gasteiger partial charge < -0.3 is 5.73 Å². The van der Waals surface area contributed by atoms with Gasteiger partial charge in [-0.15, -0.1) is 0 Å². The van der Waals surface area contributed by atoms with E-state index in [1.807, 2.05) is 12.1 Å². The van der Waals surface area contributed by atoms with Crippen molar-refractivity contribution in [3.05, 3.63) is 35.6 Å². The largest absolute Gasteiger partial charge is 0.328 e. The van der Waals surface area contributed by atoms with Gasteiger partial charge in [0.2, 0.25) is 0 Å². The molecule has 3 heteroatoms. The highest BCUT2D eigenvalue weighted by atomic mass is 19.1. The van der Waals surface area contributed by atoms with Gasteiger partial charge in [-0.1, -0.05) is 18.2 Å². The Balaban J connectivity index is 2.05. The summed E-state index contributed by atoms with van der Waals surface area (Å²) in [6.45, 7) is 2.08. The highest BCUT2D eigenvalue weighted by Gasteiger charge is 2.26. The van der Waals surface area contributed by atoms with Gasteiger partial charge in [-0.25, -0.2) is 4.39 Å². The molecule has 1 atom stereocenters. The number of benzene rings is 1. The average Bonchev–Trinajstić information content (AvgIpc) is 2.38. The number of rotatable bonds is 3. The van der Waals surface area contributed by atoms with Crippen LogP contribution in [0, 0.1) is 5.82 Å². The molecular weight excluding hydrogens is 227 g/mol. The van der Waals surface area contributed by atoms with E-state index < -0.39 is 0 Å². The van der Waals surface area contributed by atoms with Crippen molar-refractivity contribution in [2.75, 3.05) is 7.05 Å². The minimum Gasteiger partial charge on any atom is -0.328 e. The molecule has 0 aromatic heterocycles. The van der Waals surface area contributed by atoms with Gasteiger partial charge in [0.25, 0.3) is 0 Å². The van der Waals surface area contributed by atoms with Crippen LogP contribution < -0.4 is 5.73 Å². The Kier molecular flexibility index (Phi) is 4.36. The van der Waals surface area contributed by atoms with Crippen molar-refractivity contribution < 1.29 is 4.39 Å². The summed E-state index contributed by atoms with van der Waals surface area (Å²) in [7, 11) is 2.10.